The zero-order valence-corrected chi connectivity index (χ0v) is 18.0. The van der Waals surface area contributed by atoms with E-state index in [0.29, 0.717) is 11.1 Å². The van der Waals surface area contributed by atoms with Crippen molar-refractivity contribution in [1.82, 2.24) is 4.90 Å². The quantitative estimate of drug-likeness (QED) is 0.256. The monoisotopic (exact) mass is 444 g/mol. The fourth-order valence-corrected chi connectivity index (χ4v) is 5.67. The molecule has 0 aromatic heterocycles. The van der Waals surface area contributed by atoms with E-state index in [1.807, 2.05) is 0 Å². The second-order valence-corrected chi connectivity index (χ2v) is 9.52. The molecule has 3 rings (SSSR count). The maximum absolute atomic E-state index is 13.4. The van der Waals surface area contributed by atoms with Gasteiger partial charge in [-0.15, -0.1) is 0 Å². The minimum atomic E-state index is -4.01. The van der Waals surface area contributed by atoms with E-state index in [1.54, 1.807) is 36.4 Å². The second kappa shape index (κ2) is 8.12. The maximum atomic E-state index is 13.4. The van der Waals surface area contributed by atoms with Crippen molar-refractivity contribution < 1.29 is 22.7 Å². The molecular formula is C21H24N4O5S. The molecule has 1 saturated heterocycles. The Labute approximate surface area is 180 Å². The molecule has 31 heavy (non-hydrogen) atoms. The Morgan fingerprint density at radius 3 is 2.42 bits per heavy atom. The number of amides is 1. The summed E-state index contributed by atoms with van der Waals surface area (Å²) in [4.78, 5) is 26.1. The number of ether oxygens (including phenoxy) is 1. The number of carbonyl (C=O) groups is 2. The number of hydrogen-bond acceptors (Lipinski definition) is 7. The molecule has 9 nitrogen and oxygen atoms in total. The van der Waals surface area contributed by atoms with Gasteiger partial charge in [-0.2, -0.15) is 0 Å². The third-order valence-electron chi connectivity index (χ3n) is 5.66. The van der Waals surface area contributed by atoms with Crippen LogP contribution < -0.4 is 11.5 Å². The molecule has 164 valence electrons. The SMILES string of the molecule is COC(=O)[C@]1(CN)C[C@H](S(=O)(=O)c2cccc(-c3ccc(C(=N)N)cc3)c2)N(C)C1=O. The van der Waals surface area contributed by atoms with Crippen molar-refractivity contribution in [3.8, 4) is 11.1 Å². The van der Waals surface area contributed by atoms with E-state index in [9.17, 15) is 18.0 Å². The molecule has 1 amide bonds. The third-order valence-corrected chi connectivity index (χ3v) is 7.77. The highest BCUT2D eigenvalue weighted by molar-refractivity contribution is 7.92. The van der Waals surface area contributed by atoms with Crippen LogP contribution in [-0.4, -0.2) is 57.1 Å². The van der Waals surface area contributed by atoms with Crippen LogP contribution in [-0.2, 0) is 24.2 Å². The zero-order chi connectivity index (χ0) is 23.0. The number of hydrogen-bond donors (Lipinski definition) is 3. The van der Waals surface area contributed by atoms with E-state index in [2.05, 4.69) is 0 Å². The fourth-order valence-electron chi connectivity index (χ4n) is 3.78. The van der Waals surface area contributed by atoms with E-state index in [-0.39, 0.29) is 23.7 Å². The molecule has 1 aliphatic heterocycles. The zero-order valence-electron chi connectivity index (χ0n) is 17.2. The Morgan fingerprint density at radius 1 is 1.23 bits per heavy atom. The van der Waals surface area contributed by atoms with Crippen molar-refractivity contribution in [2.45, 2.75) is 16.7 Å². The van der Waals surface area contributed by atoms with Gasteiger partial charge in [0.25, 0.3) is 0 Å². The smallest absolute Gasteiger partial charge is 0.322 e. The Balaban J connectivity index is 1.99. The number of nitrogen functional groups attached to an aromatic ring is 1. The van der Waals surface area contributed by atoms with Crippen molar-refractivity contribution in [3.05, 3.63) is 54.1 Å². The summed E-state index contributed by atoms with van der Waals surface area (Å²) in [7, 11) is -1.53. The molecule has 1 aliphatic rings. The average Bonchev–Trinajstić information content (AvgIpc) is 3.05. The first kappa shape index (κ1) is 22.4. The Bertz CT molecular complexity index is 1150. The Hall–Kier alpha value is -3.24. The van der Waals surface area contributed by atoms with Crippen molar-refractivity contribution in [2.24, 2.45) is 16.9 Å². The van der Waals surface area contributed by atoms with Crippen LogP contribution in [0.15, 0.2) is 53.4 Å². The summed E-state index contributed by atoms with van der Waals surface area (Å²) in [5.41, 5.74) is 11.4. The maximum Gasteiger partial charge on any atom is 0.322 e. The second-order valence-electron chi connectivity index (χ2n) is 7.42. The summed E-state index contributed by atoms with van der Waals surface area (Å²) < 4.78 is 31.5. The van der Waals surface area contributed by atoms with Crippen LogP contribution in [0.4, 0.5) is 0 Å². The number of likely N-dealkylation sites (tertiary alicyclic amines) is 1. The van der Waals surface area contributed by atoms with Crippen LogP contribution in [0.25, 0.3) is 11.1 Å². The molecule has 2 atom stereocenters. The predicted molar refractivity (Wildman–Crippen MR) is 115 cm³/mol. The van der Waals surface area contributed by atoms with Crippen LogP contribution in [0, 0.1) is 10.8 Å². The molecule has 5 N–H and O–H groups in total. The molecule has 2 aromatic rings. The normalized spacial score (nSPS) is 21.2. The number of sulfone groups is 1. The molecular weight excluding hydrogens is 420 g/mol. The minimum Gasteiger partial charge on any atom is -0.468 e. The number of carbonyl (C=O) groups excluding carboxylic acids is 2. The van der Waals surface area contributed by atoms with E-state index in [4.69, 9.17) is 21.6 Å². The average molecular weight is 445 g/mol. The van der Waals surface area contributed by atoms with Crippen molar-refractivity contribution in [2.75, 3.05) is 20.7 Å². The van der Waals surface area contributed by atoms with Gasteiger partial charge in [-0.05, 0) is 23.3 Å². The van der Waals surface area contributed by atoms with E-state index < -0.39 is 32.5 Å². The summed E-state index contributed by atoms with van der Waals surface area (Å²) in [5, 5.41) is 6.22. The Morgan fingerprint density at radius 2 is 1.87 bits per heavy atom. The lowest BCUT2D eigenvalue weighted by Gasteiger charge is -2.21. The largest absolute Gasteiger partial charge is 0.468 e. The molecule has 0 saturated carbocycles. The van der Waals surface area contributed by atoms with Gasteiger partial charge in [0.1, 0.15) is 11.2 Å². The van der Waals surface area contributed by atoms with Crippen LogP contribution in [0.3, 0.4) is 0 Å². The fraction of sp³-hybridized carbons (Fsp3) is 0.286. The Kier molecular flexibility index (Phi) is 5.88. The summed E-state index contributed by atoms with van der Waals surface area (Å²) in [5.74, 6) is -1.58. The highest BCUT2D eigenvalue weighted by Gasteiger charge is 2.59. The van der Waals surface area contributed by atoms with Crippen LogP contribution >= 0.6 is 0 Å². The van der Waals surface area contributed by atoms with Gasteiger partial charge in [0.2, 0.25) is 5.91 Å². The van der Waals surface area contributed by atoms with Crippen LogP contribution in [0.2, 0.25) is 0 Å². The lowest BCUT2D eigenvalue weighted by Crippen LogP contribution is -2.45. The van der Waals surface area contributed by atoms with E-state index >= 15 is 0 Å². The first-order valence-corrected chi connectivity index (χ1v) is 11.0. The number of esters is 1. The topological polar surface area (TPSA) is 157 Å². The summed E-state index contributed by atoms with van der Waals surface area (Å²) in [6, 6.07) is 13.1. The highest BCUT2D eigenvalue weighted by atomic mass is 32.2. The highest BCUT2D eigenvalue weighted by Crippen LogP contribution is 2.40. The van der Waals surface area contributed by atoms with E-state index in [0.717, 1.165) is 17.6 Å². The van der Waals surface area contributed by atoms with E-state index in [1.165, 1.54) is 19.2 Å². The van der Waals surface area contributed by atoms with Gasteiger partial charge in [0.15, 0.2) is 15.3 Å². The molecule has 1 heterocycles. The first-order valence-electron chi connectivity index (χ1n) is 9.43. The van der Waals surface area contributed by atoms with Crippen molar-refractivity contribution in [1.29, 1.82) is 5.41 Å². The number of rotatable bonds is 6. The van der Waals surface area contributed by atoms with Gasteiger partial charge in [0.05, 0.1) is 12.0 Å². The lowest BCUT2D eigenvalue weighted by molar-refractivity contribution is -0.158. The predicted octanol–water partition coefficient (Wildman–Crippen LogP) is 0.718. The molecule has 0 unspecified atom stereocenters. The summed E-state index contributed by atoms with van der Waals surface area (Å²) in [6.07, 6.45) is -0.286. The number of benzene rings is 2. The molecule has 1 fully saturated rings. The first-order chi connectivity index (χ1) is 14.6. The van der Waals surface area contributed by atoms with Crippen molar-refractivity contribution in [3.63, 3.8) is 0 Å². The molecule has 0 radical (unpaired) electrons. The number of nitrogens with two attached hydrogens (primary N) is 2. The van der Waals surface area contributed by atoms with Gasteiger partial charge in [-0.25, -0.2) is 8.42 Å². The standard InChI is InChI=1S/C21H24N4O5S/c1-25-17(11-21(12-22,19(25)26)20(27)30-2)31(28,29)16-5-3-4-15(10-16)13-6-8-14(9-7-13)18(23)24/h3-10,17H,11-12,22H2,1-2H3,(H3,23,24)/t17-,21-/m0/s1. The van der Waals surface area contributed by atoms with Crippen molar-refractivity contribution >= 4 is 27.5 Å². The number of amidine groups is 1. The molecule has 2 aromatic carbocycles. The molecule has 0 bridgehead atoms. The van der Waals surface area contributed by atoms with Crippen LogP contribution in [0.1, 0.15) is 12.0 Å². The summed E-state index contributed by atoms with van der Waals surface area (Å²) >= 11 is 0. The van der Waals surface area contributed by atoms with Gasteiger partial charge < -0.3 is 21.1 Å². The number of methoxy groups -OCH3 is 1. The van der Waals surface area contributed by atoms with Gasteiger partial charge in [-0.3, -0.25) is 15.0 Å². The number of nitrogens with one attached hydrogen (secondary N) is 1. The third kappa shape index (κ3) is 3.68. The lowest BCUT2D eigenvalue weighted by atomic mass is 9.86. The molecule has 0 spiro atoms. The number of nitrogens with zero attached hydrogens (tertiary/aromatic N) is 1. The molecule has 10 heteroatoms. The minimum absolute atomic E-state index is 0.0166. The van der Waals surface area contributed by atoms with Gasteiger partial charge >= 0.3 is 5.97 Å². The van der Waals surface area contributed by atoms with Crippen LogP contribution in [0.5, 0.6) is 0 Å². The van der Waals surface area contributed by atoms with Gasteiger partial charge in [0, 0.05) is 25.6 Å². The summed E-state index contributed by atoms with van der Waals surface area (Å²) in [6.45, 7) is -0.350. The molecule has 0 aliphatic carbocycles. The van der Waals surface area contributed by atoms with Gasteiger partial charge in [-0.1, -0.05) is 36.4 Å².